The molecule has 6 nitrogen and oxygen atoms in total. The second kappa shape index (κ2) is 6.81. The van der Waals surface area contributed by atoms with Crippen LogP contribution in [0.15, 0.2) is 0 Å². The molecule has 3 N–H and O–H groups in total. The number of carboxylic acids is 1. The maximum atomic E-state index is 11.9. The standard InChI is InChI=1S/C13H19N3O3S/c1-8-11(13(18)19)12(20-16-8)15-10(17)5-4-9-3-2-6-14-7-9/h9,14H,2-7H2,1H3,(H,15,17)(H,18,19). The summed E-state index contributed by atoms with van der Waals surface area (Å²) in [6.45, 7) is 3.65. The zero-order valence-electron chi connectivity index (χ0n) is 11.4. The van der Waals surface area contributed by atoms with Gasteiger partial charge in [0.15, 0.2) is 0 Å². The number of rotatable bonds is 5. The van der Waals surface area contributed by atoms with Crippen LogP contribution in [0.3, 0.4) is 0 Å². The Bertz CT molecular complexity index is 495. The number of aryl methyl sites for hydroxylation is 1. The quantitative estimate of drug-likeness (QED) is 0.771. The molecular weight excluding hydrogens is 278 g/mol. The average molecular weight is 297 g/mol. The van der Waals surface area contributed by atoms with Gasteiger partial charge in [-0.15, -0.1) is 0 Å². The third-order valence-electron chi connectivity index (χ3n) is 3.51. The number of anilines is 1. The summed E-state index contributed by atoms with van der Waals surface area (Å²) in [5.41, 5.74) is 0.539. The molecule has 1 saturated heterocycles. The Morgan fingerprint density at radius 1 is 1.55 bits per heavy atom. The molecule has 0 bridgehead atoms. The van der Waals surface area contributed by atoms with Gasteiger partial charge in [-0.3, -0.25) is 4.79 Å². The summed E-state index contributed by atoms with van der Waals surface area (Å²) in [7, 11) is 0. The maximum Gasteiger partial charge on any atom is 0.340 e. The van der Waals surface area contributed by atoms with Gasteiger partial charge in [0, 0.05) is 6.42 Å². The number of aromatic nitrogens is 1. The predicted molar refractivity (Wildman–Crippen MR) is 77.3 cm³/mol. The molecule has 1 aliphatic rings. The van der Waals surface area contributed by atoms with Crippen LogP contribution in [0.2, 0.25) is 0 Å². The van der Waals surface area contributed by atoms with Crippen LogP contribution in [0.4, 0.5) is 5.00 Å². The van der Waals surface area contributed by atoms with Crippen molar-refractivity contribution >= 4 is 28.4 Å². The van der Waals surface area contributed by atoms with E-state index in [9.17, 15) is 9.59 Å². The number of aromatic carboxylic acids is 1. The highest BCUT2D eigenvalue weighted by Gasteiger charge is 2.20. The highest BCUT2D eigenvalue weighted by atomic mass is 32.1. The number of carboxylic acid groups (broad SMARTS) is 1. The van der Waals surface area contributed by atoms with Crippen molar-refractivity contribution in [2.45, 2.75) is 32.6 Å². The van der Waals surface area contributed by atoms with E-state index in [-0.39, 0.29) is 11.5 Å². The predicted octanol–water partition coefficient (Wildman–Crippen LogP) is 1.87. The van der Waals surface area contributed by atoms with E-state index < -0.39 is 5.97 Å². The number of amides is 1. The molecule has 0 spiro atoms. The first kappa shape index (κ1) is 14.9. The van der Waals surface area contributed by atoms with E-state index in [1.54, 1.807) is 6.92 Å². The van der Waals surface area contributed by atoms with Gasteiger partial charge < -0.3 is 15.7 Å². The molecule has 1 amide bonds. The van der Waals surface area contributed by atoms with Crippen molar-refractivity contribution in [1.29, 1.82) is 0 Å². The minimum Gasteiger partial charge on any atom is -0.478 e. The normalized spacial score (nSPS) is 18.8. The molecule has 0 aliphatic carbocycles. The fraction of sp³-hybridized carbons (Fsp3) is 0.615. The van der Waals surface area contributed by atoms with Crippen LogP contribution in [0.1, 0.15) is 41.7 Å². The zero-order chi connectivity index (χ0) is 14.5. The summed E-state index contributed by atoms with van der Waals surface area (Å²) in [6.07, 6.45) is 3.56. The number of hydrogen-bond donors (Lipinski definition) is 3. The first-order chi connectivity index (χ1) is 9.58. The van der Waals surface area contributed by atoms with Crippen molar-refractivity contribution < 1.29 is 14.7 Å². The van der Waals surface area contributed by atoms with Crippen LogP contribution < -0.4 is 10.6 Å². The number of carbonyl (C=O) groups is 2. The lowest BCUT2D eigenvalue weighted by Crippen LogP contribution is -2.30. The smallest absolute Gasteiger partial charge is 0.340 e. The molecule has 1 atom stereocenters. The molecule has 7 heteroatoms. The molecule has 110 valence electrons. The molecule has 1 aliphatic heterocycles. The number of nitrogens with zero attached hydrogens (tertiary/aromatic N) is 1. The van der Waals surface area contributed by atoms with Crippen LogP contribution in [-0.2, 0) is 4.79 Å². The molecule has 2 rings (SSSR count). The van der Waals surface area contributed by atoms with E-state index in [4.69, 9.17) is 5.11 Å². The van der Waals surface area contributed by atoms with Crippen molar-refractivity contribution in [3.05, 3.63) is 11.3 Å². The van der Waals surface area contributed by atoms with E-state index in [1.165, 1.54) is 0 Å². The minimum atomic E-state index is -1.05. The third-order valence-corrected chi connectivity index (χ3v) is 4.36. The van der Waals surface area contributed by atoms with E-state index >= 15 is 0 Å². The third kappa shape index (κ3) is 3.77. The molecule has 1 unspecified atom stereocenters. The lowest BCUT2D eigenvalue weighted by molar-refractivity contribution is -0.116. The Morgan fingerprint density at radius 3 is 3.00 bits per heavy atom. The number of nitrogens with one attached hydrogen (secondary N) is 2. The largest absolute Gasteiger partial charge is 0.478 e. The van der Waals surface area contributed by atoms with Gasteiger partial charge in [-0.05, 0) is 56.7 Å². The van der Waals surface area contributed by atoms with Crippen molar-refractivity contribution in [2.75, 3.05) is 18.4 Å². The lowest BCUT2D eigenvalue weighted by Gasteiger charge is -2.22. The van der Waals surface area contributed by atoms with Crippen LogP contribution in [0, 0.1) is 12.8 Å². The fourth-order valence-corrected chi connectivity index (χ4v) is 3.21. The van der Waals surface area contributed by atoms with E-state index in [2.05, 4.69) is 15.0 Å². The summed E-state index contributed by atoms with van der Waals surface area (Å²) in [4.78, 5) is 23.0. The summed E-state index contributed by atoms with van der Waals surface area (Å²) < 4.78 is 3.98. The monoisotopic (exact) mass is 297 g/mol. The van der Waals surface area contributed by atoms with Gasteiger partial charge in [-0.25, -0.2) is 4.79 Å². The number of hydrogen-bond acceptors (Lipinski definition) is 5. The summed E-state index contributed by atoms with van der Waals surface area (Å²) in [5, 5.41) is 15.4. The zero-order valence-corrected chi connectivity index (χ0v) is 12.3. The van der Waals surface area contributed by atoms with E-state index in [1.807, 2.05) is 0 Å². The first-order valence-corrected chi connectivity index (χ1v) is 7.55. The topological polar surface area (TPSA) is 91.3 Å². The van der Waals surface area contributed by atoms with Gasteiger partial charge in [0.25, 0.3) is 0 Å². The lowest BCUT2D eigenvalue weighted by atomic mass is 9.94. The van der Waals surface area contributed by atoms with Crippen LogP contribution in [0.25, 0.3) is 0 Å². The van der Waals surface area contributed by atoms with Crippen LogP contribution in [-0.4, -0.2) is 34.4 Å². The molecule has 1 aromatic rings. The summed E-state index contributed by atoms with van der Waals surface area (Å²) >= 11 is 1.02. The van der Waals surface area contributed by atoms with Crippen LogP contribution in [0.5, 0.6) is 0 Å². The highest BCUT2D eigenvalue weighted by molar-refractivity contribution is 7.11. The Labute approximate surface area is 121 Å². The van der Waals surface area contributed by atoms with Crippen molar-refractivity contribution in [2.24, 2.45) is 5.92 Å². The molecule has 0 radical (unpaired) electrons. The van der Waals surface area contributed by atoms with Crippen LogP contribution >= 0.6 is 11.5 Å². The SMILES string of the molecule is Cc1nsc(NC(=O)CCC2CCCNC2)c1C(=O)O. The maximum absolute atomic E-state index is 11.9. The van der Waals surface area contributed by atoms with Gasteiger partial charge in [0.05, 0.1) is 5.69 Å². The van der Waals surface area contributed by atoms with Gasteiger partial charge in [-0.2, -0.15) is 4.37 Å². The molecule has 0 aromatic carbocycles. The second-order valence-corrected chi connectivity index (χ2v) is 5.85. The fourth-order valence-electron chi connectivity index (χ4n) is 2.40. The Balaban J connectivity index is 1.86. The summed E-state index contributed by atoms with van der Waals surface area (Å²) in [5.74, 6) is -0.651. The van der Waals surface area contributed by atoms with Gasteiger partial charge >= 0.3 is 5.97 Å². The minimum absolute atomic E-state index is 0.0997. The average Bonchev–Trinajstić information content (AvgIpc) is 2.78. The number of carbonyl (C=O) groups excluding carboxylic acids is 1. The molecule has 1 aromatic heterocycles. The van der Waals surface area contributed by atoms with E-state index in [0.717, 1.165) is 43.9 Å². The second-order valence-electron chi connectivity index (χ2n) is 5.08. The summed E-state index contributed by atoms with van der Waals surface area (Å²) in [6, 6.07) is 0. The molecule has 2 heterocycles. The van der Waals surface area contributed by atoms with Crippen molar-refractivity contribution in [3.63, 3.8) is 0 Å². The molecule has 1 fully saturated rings. The Morgan fingerprint density at radius 2 is 2.35 bits per heavy atom. The Hall–Kier alpha value is -1.47. The molecular formula is C13H19N3O3S. The van der Waals surface area contributed by atoms with Crippen molar-refractivity contribution in [1.82, 2.24) is 9.69 Å². The molecule has 0 saturated carbocycles. The highest BCUT2D eigenvalue weighted by Crippen LogP contribution is 2.25. The molecule has 20 heavy (non-hydrogen) atoms. The number of piperidine rings is 1. The van der Waals surface area contributed by atoms with E-state index in [0.29, 0.717) is 23.0 Å². The first-order valence-electron chi connectivity index (χ1n) is 6.78. The van der Waals surface area contributed by atoms with Gasteiger partial charge in [0.1, 0.15) is 10.6 Å². The van der Waals surface area contributed by atoms with Gasteiger partial charge in [-0.1, -0.05) is 0 Å². The van der Waals surface area contributed by atoms with Gasteiger partial charge in [0.2, 0.25) is 5.91 Å². The van der Waals surface area contributed by atoms with Crippen molar-refractivity contribution in [3.8, 4) is 0 Å². The Kier molecular flexibility index (Phi) is 5.08.